The molecule has 0 saturated heterocycles. The molecular weight excluding hydrogens is 238 g/mol. The molecule has 2 heterocycles. The van der Waals surface area contributed by atoms with Crippen molar-refractivity contribution in [3.8, 4) is 0 Å². The first-order valence-corrected chi connectivity index (χ1v) is 5.69. The summed E-state index contributed by atoms with van der Waals surface area (Å²) < 4.78 is 5.21. The molecule has 0 atom stereocenters. The van der Waals surface area contributed by atoms with E-state index in [-0.39, 0.29) is 5.84 Å². The summed E-state index contributed by atoms with van der Waals surface area (Å²) in [6.07, 6.45) is 3.22. The van der Waals surface area contributed by atoms with Crippen molar-refractivity contribution in [2.24, 2.45) is 10.9 Å². The molecule has 88 valence electrons. The third-order valence-electron chi connectivity index (χ3n) is 2.15. The molecule has 0 fully saturated rings. The Morgan fingerprint density at radius 1 is 1.47 bits per heavy atom. The fourth-order valence-electron chi connectivity index (χ4n) is 1.31. The van der Waals surface area contributed by atoms with Crippen LogP contribution in [-0.4, -0.2) is 16.0 Å². The lowest BCUT2D eigenvalue weighted by Gasteiger charge is -2.05. The average molecular weight is 249 g/mol. The van der Waals surface area contributed by atoms with Crippen LogP contribution in [0.1, 0.15) is 11.5 Å². The van der Waals surface area contributed by atoms with Crippen molar-refractivity contribution in [2.75, 3.05) is 0 Å². The Morgan fingerprint density at radius 2 is 2.29 bits per heavy atom. The van der Waals surface area contributed by atoms with Gasteiger partial charge in [0.2, 0.25) is 0 Å². The third-order valence-corrected chi connectivity index (χ3v) is 3.34. The smallest absolute Gasteiger partial charge is 0.189 e. The van der Waals surface area contributed by atoms with Crippen LogP contribution in [0.15, 0.2) is 50.0 Å². The molecule has 0 aliphatic heterocycles. The summed E-state index contributed by atoms with van der Waals surface area (Å²) in [7, 11) is 0. The average Bonchev–Trinajstić information content (AvgIpc) is 2.75. The fourth-order valence-corrected chi connectivity index (χ4v) is 2.26. The molecule has 0 unspecified atom stereocenters. The van der Waals surface area contributed by atoms with Gasteiger partial charge in [0.05, 0.1) is 11.2 Å². The van der Waals surface area contributed by atoms with Crippen LogP contribution in [0.3, 0.4) is 0 Å². The van der Waals surface area contributed by atoms with Gasteiger partial charge < -0.3 is 15.4 Å². The number of pyridine rings is 1. The number of oxime groups is 1. The fraction of sp³-hybridized carbons (Fsp3) is 0.0909. The number of furan rings is 1. The van der Waals surface area contributed by atoms with E-state index >= 15 is 0 Å². The minimum Gasteiger partial charge on any atom is -0.468 e. The van der Waals surface area contributed by atoms with Gasteiger partial charge in [0.1, 0.15) is 11.5 Å². The molecule has 0 spiro atoms. The first kappa shape index (κ1) is 11.5. The van der Waals surface area contributed by atoms with Crippen molar-refractivity contribution in [1.82, 2.24) is 4.98 Å². The quantitative estimate of drug-likeness (QED) is 0.377. The van der Waals surface area contributed by atoms with Gasteiger partial charge in [0, 0.05) is 11.1 Å². The van der Waals surface area contributed by atoms with Crippen molar-refractivity contribution in [1.29, 1.82) is 0 Å². The molecule has 3 N–H and O–H groups in total. The van der Waals surface area contributed by atoms with Crippen LogP contribution in [0, 0.1) is 6.92 Å². The summed E-state index contributed by atoms with van der Waals surface area (Å²) in [5, 5.41) is 11.7. The maximum Gasteiger partial charge on any atom is 0.189 e. The number of hydrogen-bond donors (Lipinski definition) is 2. The second-order valence-electron chi connectivity index (χ2n) is 3.28. The number of amidine groups is 1. The van der Waals surface area contributed by atoms with Crippen LogP contribution in [-0.2, 0) is 0 Å². The van der Waals surface area contributed by atoms with E-state index in [9.17, 15) is 0 Å². The lowest BCUT2D eigenvalue weighted by Crippen LogP contribution is -2.15. The molecule has 0 amide bonds. The monoisotopic (exact) mass is 249 g/mol. The number of rotatable bonds is 3. The highest BCUT2D eigenvalue weighted by Gasteiger charge is 2.11. The molecular formula is C11H11N3O2S. The maximum atomic E-state index is 8.69. The van der Waals surface area contributed by atoms with E-state index in [4.69, 9.17) is 15.4 Å². The summed E-state index contributed by atoms with van der Waals surface area (Å²) in [4.78, 5) is 5.88. The minimum absolute atomic E-state index is 0.00533. The molecule has 17 heavy (non-hydrogen) atoms. The molecule has 2 rings (SSSR count). The van der Waals surface area contributed by atoms with Crippen LogP contribution >= 0.6 is 11.8 Å². The molecule has 2 aromatic heterocycles. The Bertz CT molecular complexity index is 551. The predicted molar refractivity (Wildman–Crippen MR) is 64.3 cm³/mol. The van der Waals surface area contributed by atoms with Gasteiger partial charge in [-0.05, 0) is 25.1 Å². The van der Waals surface area contributed by atoms with E-state index < -0.39 is 0 Å². The van der Waals surface area contributed by atoms with Crippen molar-refractivity contribution in [3.05, 3.63) is 42.1 Å². The first-order chi connectivity index (χ1) is 8.22. The zero-order valence-corrected chi connectivity index (χ0v) is 9.94. The molecule has 6 heteroatoms. The van der Waals surface area contributed by atoms with Crippen LogP contribution in [0.4, 0.5) is 0 Å². The highest BCUT2D eigenvalue weighted by atomic mass is 32.2. The number of nitrogens with two attached hydrogens (primary N) is 1. The second kappa shape index (κ2) is 4.92. The molecule has 0 bridgehead atoms. The standard InChI is InChI=1S/C11H11N3O2S/c1-7-8(4-6-16-7)17-9-3-2-5-13-10(9)11(12)14-15/h2-6,15H,1H3,(H2,12,14). The first-order valence-electron chi connectivity index (χ1n) is 4.87. The van der Waals surface area contributed by atoms with E-state index in [1.165, 1.54) is 11.8 Å². The summed E-state index contributed by atoms with van der Waals surface area (Å²) in [6.45, 7) is 1.88. The van der Waals surface area contributed by atoms with Gasteiger partial charge in [-0.3, -0.25) is 4.98 Å². The summed E-state index contributed by atoms with van der Waals surface area (Å²) in [5.74, 6) is 0.818. The predicted octanol–water partition coefficient (Wildman–Crippen LogP) is 2.23. The summed E-state index contributed by atoms with van der Waals surface area (Å²) in [6, 6.07) is 5.52. The van der Waals surface area contributed by atoms with Crippen molar-refractivity contribution >= 4 is 17.6 Å². The van der Waals surface area contributed by atoms with Gasteiger partial charge in [-0.15, -0.1) is 0 Å². The molecule has 0 aromatic carbocycles. The number of aryl methyl sites for hydroxylation is 1. The van der Waals surface area contributed by atoms with Crippen molar-refractivity contribution in [3.63, 3.8) is 0 Å². The van der Waals surface area contributed by atoms with Crippen molar-refractivity contribution < 1.29 is 9.62 Å². The number of hydrogen-bond acceptors (Lipinski definition) is 5. The van der Waals surface area contributed by atoms with Crippen LogP contribution < -0.4 is 5.73 Å². The topological polar surface area (TPSA) is 84.6 Å². The van der Waals surface area contributed by atoms with E-state index in [0.29, 0.717) is 5.69 Å². The van der Waals surface area contributed by atoms with Gasteiger partial charge in [-0.25, -0.2) is 0 Å². The Hall–Kier alpha value is -1.95. The van der Waals surface area contributed by atoms with Gasteiger partial charge >= 0.3 is 0 Å². The molecule has 0 aliphatic carbocycles. The number of aromatic nitrogens is 1. The van der Waals surface area contributed by atoms with Gasteiger partial charge in [-0.2, -0.15) is 0 Å². The Kier molecular flexibility index (Phi) is 3.34. The summed E-state index contributed by atoms with van der Waals surface area (Å²) >= 11 is 1.46. The van der Waals surface area contributed by atoms with Crippen LogP contribution in [0.5, 0.6) is 0 Å². The van der Waals surface area contributed by atoms with Crippen LogP contribution in [0.2, 0.25) is 0 Å². The zero-order valence-electron chi connectivity index (χ0n) is 9.12. The number of nitrogens with zero attached hydrogens (tertiary/aromatic N) is 2. The van der Waals surface area contributed by atoms with E-state index in [1.807, 2.05) is 19.1 Å². The Labute approximate surface area is 102 Å². The van der Waals surface area contributed by atoms with E-state index in [2.05, 4.69) is 10.1 Å². The summed E-state index contributed by atoms with van der Waals surface area (Å²) in [5.41, 5.74) is 6.02. The zero-order chi connectivity index (χ0) is 12.3. The highest BCUT2D eigenvalue weighted by molar-refractivity contribution is 7.99. The lowest BCUT2D eigenvalue weighted by atomic mass is 10.3. The van der Waals surface area contributed by atoms with Gasteiger partial charge in [-0.1, -0.05) is 16.9 Å². The van der Waals surface area contributed by atoms with Gasteiger partial charge in [0.25, 0.3) is 0 Å². The van der Waals surface area contributed by atoms with E-state index in [0.717, 1.165) is 15.6 Å². The molecule has 0 saturated carbocycles. The molecule has 0 aliphatic rings. The Morgan fingerprint density at radius 3 is 2.94 bits per heavy atom. The molecule has 5 nitrogen and oxygen atoms in total. The highest BCUT2D eigenvalue weighted by Crippen LogP contribution is 2.32. The second-order valence-corrected chi connectivity index (χ2v) is 4.36. The third kappa shape index (κ3) is 2.42. The molecule has 2 aromatic rings. The normalized spacial score (nSPS) is 11.7. The van der Waals surface area contributed by atoms with Crippen LogP contribution in [0.25, 0.3) is 0 Å². The van der Waals surface area contributed by atoms with E-state index in [1.54, 1.807) is 18.5 Å². The Balaban J connectivity index is 2.36. The van der Waals surface area contributed by atoms with Gasteiger partial charge in [0.15, 0.2) is 5.84 Å². The minimum atomic E-state index is -0.00533. The van der Waals surface area contributed by atoms with Crippen molar-refractivity contribution in [2.45, 2.75) is 16.7 Å². The SMILES string of the molecule is Cc1occc1Sc1cccnc1/C(N)=N/O. The maximum absolute atomic E-state index is 8.69. The largest absolute Gasteiger partial charge is 0.468 e. The molecule has 0 radical (unpaired) electrons. The lowest BCUT2D eigenvalue weighted by molar-refractivity contribution is 0.318.